The first-order chi connectivity index (χ1) is 11.6. The van der Waals surface area contributed by atoms with E-state index in [1.807, 2.05) is 42.2 Å². The highest BCUT2D eigenvalue weighted by atomic mass is 35.5. The molecular weight excluding hydrogens is 359 g/mol. The summed E-state index contributed by atoms with van der Waals surface area (Å²) >= 11 is 1.55. The van der Waals surface area contributed by atoms with E-state index in [1.54, 1.807) is 17.8 Å². The van der Waals surface area contributed by atoms with E-state index in [4.69, 9.17) is 0 Å². The zero-order valence-corrected chi connectivity index (χ0v) is 15.7. The van der Waals surface area contributed by atoms with Crippen LogP contribution < -0.4 is 5.32 Å². The molecule has 0 radical (unpaired) electrons. The fourth-order valence-corrected chi connectivity index (χ4v) is 3.66. The number of rotatable bonds is 4. The Kier molecular flexibility index (Phi) is 7.29. The molecule has 1 N–H and O–H groups in total. The van der Waals surface area contributed by atoms with Gasteiger partial charge >= 0.3 is 0 Å². The zero-order valence-electron chi connectivity index (χ0n) is 14.1. The fourth-order valence-electron chi connectivity index (χ4n) is 2.88. The maximum atomic E-state index is 13.5. The zero-order chi connectivity index (χ0) is 16.9. The number of hydrogen-bond donors (Lipinski definition) is 1. The van der Waals surface area contributed by atoms with Gasteiger partial charge in [-0.1, -0.05) is 29.8 Å². The predicted molar refractivity (Wildman–Crippen MR) is 103 cm³/mol. The second-order valence-corrected chi connectivity index (χ2v) is 7.01. The average molecular weight is 381 g/mol. The molecule has 1 unspecified atom stereocenters. The minimum Gasteiger partial charge on any atom is -0.332 e. The molecule has 0 aromatic heterocycles. The standard InChI is InChI=1S/C19H21FN2OS.ClH/c1-14-5-7-17(8-6-14)24-13-19(23)22-10-9-21-12-18(22)15-3-2-4-16(20)11-15;/h2-8,11,18,21H,9-10,12-13H2,1H3;1H. The minimum absolute atomic E-state index is 0. The molecular formula is C19H22ClFN2OS. The van der Waals surface area contributed by atoms with Crippen molar-refractivity contribution >= 4 is 30.1 Å². The number of aryl methyl sites for hydroxylation is 1. The highest BCUT2D eigenvalue weighted by Crippen LogP contribution is 2.25. The second-order valence-electron chi connectivity index (χ2n) is 5.96. The smallest absolute Gasteiger partial charge is 0.233 e. The normalized spacial score (nSPS) is 17.0. The second kappa shape index (κ2) is 9.22. The van der Waals surface area contributed by atoms with E-state index in [0.717, 1.165) is 17.0 Å². The van der Waals surface area contributed by atoms with Crippen LogP contribution >= 0.6 is 24.2 Å². The van der Waals surface area contributed by atoms with E-state index in [0.29, 0.717) is 18.8 Å². The molecule has 2 aromatic rings. The number of nitrogens with zero attached hydrogens (tertiary/aromatic N) is 1. The highest BCUT2D eigenvalue weighted by molar-refractivity contribution is 8.00. The van der Waals surface area contributed by atoms with E-state index >= 15 is 0 Å². The number of piperazine rings is 1. The molecule has 2 aromatic carbocycles. The topological polar surface area (TPSA) is 32.3 Å². The number of nitrogens with one attached hydrogen (secondary N) is 1. The van der Waals surface area contributed by atoms with Crippen molar-refractivity contribution in [2.75, 3.05) is 25.4 Å². The Bertz CT molecular complexity index is 711. The molecule has 1 amide bonds. The summed E-state index contributed by atoms with van der Waals surface area (Å²) in [7, 11) is 0. The van der Waals surface area contributed by atoms with Gasteiger partial charge < -0.3 is 10.2 Å². The first-order valence-corrected chi connectivity index (χ1v) is 9.07. The lowest BCUT2D eigenvalue weighted by Crippen LogP contribution is -2.49. The van der Waals surface area contributed by atoms with Gasteiger partial charge in [-0.25, -0.2) is 4.39 Å². The Morgan fingerprint density at radius 2 is 2.04 bits per heavy atom. The van der Waals surface area contributed by atoms with Crippen LogP contribution in [0.4, 0.5) is 4.39 Å². The molecule has 0 spiro atoms. The van der Waals surface area contributed by atoms with Crippen LogP contribution in [-0.4, -0.2) is 36.2 Å². The van der Waals surface area contributed by atoms with Gasteiger partial charge in [0.1, 0.15) is 5.82 Å². The lowest BCUT2D eigenvalue weighted by Gasteiger charge is -2.36. The molecule has 0 saturated carbocycles. The van der Waals surface area contributed by atoms with E-state index < -0.39 is 0 Å². The number of hydrogen-bond acceptors (Lipinski definition) is 3. The lowest BCUT2D eigenvalue weighted by molar-refractivity contribution is -0.131. The van der Waals surface area contributed by atoms with Gasteiger partial charge in [0.2, 0.25) is 5.91 Å². The van der Waals surface area contributed by atoms with Crippen molar-refractivity contribution in [3.05, 3.63) is 65.5 Å². The maximum absolute atomic E-state index is 13.5. The third-order valence-electron chi connectivity index (χ3n) is 4.18. The predicted octanol–water partition coefficient (Wildman–Crippen LogP) is 3.82. The molecule has 1 saturated heterocycles. The molecule has 6 heteroatoms. The SMILES string of the molecule is Cc1ccc(SCC(=O)N2CCNCC2c2cccc(F)c2)cc1.Cl. The number of thioether (sulfide) groups is 1. The molecule has 1 fully saturated rings. The summed E-state index contributed by atoms with van der Waals surface area (Å²) in [6.07, 6.45) is 0. The highest BCUT2D eigenvalue weighted by Gasteiger charge is 2.27. The number of carbonyl (C=O) groups excluding carboxylic acids is 1. The third-order valence-corrected chi connectivity index (χ3v) is 5.18. The van der Waals surface area contributed by atoms with Crippen LogP contribution in [-0.2, 0) is 4.79 Å². The summed E-state index contributed by atoms with van der Waals surface area (Å²) in [5.41, 5.74) is 2.05. The van der Waals surface area contributed by atoms with Crippen LogP contribution in [0.3, 0.4) is 0 Å². The van der Waals surface area contributed by atoms with Crippen LogP contribution in [0.5, 0.6) is 0 Å². The Hall–Kier alpha value is -1.56. The first kappa shape index (κ1) is 19.8. The maximum Gasteiger partial charge on any atom is 0.233 e. The molecule has 1 atom stereocenters. The summed E-state index contributed by atoms with van der Waals surface area (Å²) in [6.45, 7) is 4.12. The van der Waals surface area contributed by atoms with Crippen LogP contribution in [0, 0.1) is 12.7 Å². The quantitative estimate of drug-likeness (QED) is 0.818. The molecule has 134 valence electrons. The molecule has 25 heavy (non-hydrogen) atoms. The molecule has 1 heterocycles. The average Bonchev–Trinajstić information content (AvgIpc) is 2.61. The Morgan fingerprint density at radius 3 is 2.76 bits per heavy atom. The third kappa shape index (κ3) is 5.21. The van der Waals surface area contributed by atoms with E-state index in [9.17, 15) is 9.18 Å². The van der Waals surface area contributed by atoms with E-state index in [2.05, 4.69) is 5.32 Å². The molecule has 3 nitrogen and oxygen atoms in total. The van der Waals surface area contributed by atoms with Gasteiger partial charge in [-0.3, -0.25) is 4.79 Å². The van der Waals surface area contributed by atoms with Crippen molar-refractivity contribution in [2.45, 2.75) is 17.9 Å². The largest absolute Gasteiger partial charge is 0.332 e. The molecule has 0 bridgehead atoms. The minimum atomic E-state index is -0.264. The van der Waals surface area contributed by atoms with Gasteiger partial charge in [0.15, 0.2) is 0 Å². The van der Waals surface area contributed by atoms with Gasteiger partial charge in [-0.2, -0.15) is 0 Å². The van der Waals surface area contributed by atoms with Gasteiger partial charge in [0.25, 0.3) is 0 Å². The fraction of sp³-hybridized carbons (Fsp3) is 0.316. The number of benzene rings is 2. The van der Waals surface area contributed by atoms with Crippen molar-refractivity contribution in [3.63, 3.8) is 0 Å². The summed E-state index contributed by atoms with van der Waals surface area (Å²) in [6, 6.07) is 14.6. The Labute approximate surface area is 158 Å². The van der Waals surface area contributed by atoms with Crippen molar-refractivity contribution in [1.82, 2.24) is 10.2 Å². The summed E-state index contributed by atoms with van der Waals surface area (Å²) in [4.78, 5) is 15.6. The van der Waals surface area contributed by atoms with Crippen molar-refractivity contribution in [1.29, 1.82) is 0 Å². The summed E-state index contributed by atoms with van der Waals surface area (Å²) in [5, 5.41) is 3.29. The van der Waals surface area contributed by atoms with Crippen molar-refractivity contribution in [2.24, 2.45) is 0 Å². The van der Waals surface area contributed by atoms with Crippen LogP contribution in [0.1, 0.15) is 17.2 Å². The molecule has 1 aliphatic rings. The van der Waals surface area contributed by atoms with E-state index in [1.165, 1.54) is 17.7 Å². The molecule has 0 aliphatic carbocycles. The Morgan fingerprint density at radius 1 is 1.28 bits per heavy atom. The first-order valence-electron chi connectivity index (χ1n) is 8.08. The van der Waals surface area contributed by atoms with Crippen LogP contribution in [0.25, 0.3) is 0 Å². The number of halogens is 2. The van der Waals surface area contributed by atoms with Gasteiger partial charge in [0.05, 0.1) is 11.8 Å². The monoisotopic (exact) mass is 380 g/mol. The van der Waals surface area contributed by atoms with Gasteiger partial charge in [-0.15, -0.1) is 24.2 Å². The lowest BCUT2D eigenvalue weighted by atomic mass is 10.0. The summed E-state index contributed by atoms with van der Waals surface area (Å²) < 4.78 is 13.5. The van der Waals surface area contributed by atoms with Gasteiger partial charge in [-0.05, 0) is 36.8 Å². The number of amides is 1. The van der Waals surface area contributed by atoms with Gasteiger partial charge in [0, 0.05) is 24.5 Å². The molecule has 3 rings (SSSR count). The molecule has 1 aliphatic heterocycles. The van der Waals surface area contributed by atoms with Crippen molar-refractivity contribution < 1.29 is 9.18 Å². The summed E-state index contributed by atoms with van der Waals surface area (Å²) in [5.74, 6) is 0.227. The van der Waals surface area contributed by atoms with E-state index in [-0.39, 0.29) is 30.2 Å². The van der Waals surface area contributed by atoms with Crippen LogP contribution in [0.2, 0.25) is 0 Å². The number of carbonyl (C=O) groups is 1. The van der Waals surface area contributed by atoms with Crippen molar-refractivity contribution in [3.8, 4) is 0 Å². The van der Waals surface area contributed by atoms with Crippen LogP contribution in [0.15, 0.2) is 53.4 Å². The Balaban J connectivity index is 0.00000225.